The summed E-state index contributed by atoms with van der Waals surface area (Å²) in [5.41, 5.74) is 6.24. The van der Waals surface area contributed by atoms with Crippen LogP contribution in [0.25, 0.3) is 0 Å². The van der Waals surface area contributed by atoms with Gasteiger partial charge in [-0.25, -0.2) is 0 Å². The van der Waals surface area contributed by atoms with Gasteiger partial charge < -0.3 is 10.5 Å². The Morgan fingerprint density at radius 2 is 1.88 bits per heavy atom. The van der Waals surface area contributed by atoms with Gasteiger partial charge in [0.05, 0.1) is 12.7 Å². The van der Waals surface area contributed by atoms with Crippen LogP contribution in [0.5, 0.6) is 0 Å². The second kappa shape index (κ2) is 5.25. The minimum atomic E-state index is -0.160. The maximum atomic E-state index is 6.29. The third kappa shape index (κ3) is 3.67. The van der Waals surface area contributed by atoms with Crippen LogP contribution >= 0.6 is 0 Å². The molecule has 1 aliphatic rings. The Morgan fingerprint density at radius 1 is 1.29 bits per heavy atom. The third-order valence-electron chi connectivity index (χ3n) is 4.40. The lowest BCUT2D eigenvalue weighted by molar-refractivity contribution is -0.0719. The summed E-state index contributed by atoms with van der Waals surface area (Å²) < 4.78 is 5.74. The third-order valence-corrected chi connectivity index (χ3v) is 4.40. The molecule has 0 bridgehead atoms. The van der Waals surface area contributed by atoms with Crippen molar-refractivity contribution in [1.82, 2.24) is 4.90 Å². The van der Waals surface area contributed by atoms with Gasteiger partial charge in [-0.3, -0.25) is 4.90 Å². The minimum absolute atomic E-state index is 0.109. The summed E-state index contributed by atoms with van der Waals surface area (Å²) in [6.45, 7) is 16.1. The zero-order chi connectivity index (χ0) is 13.3. The average molecular weight is 242 g/mol. The Balaban J connectivity index is 2.70. The first-order valence-corrected chi connectivity index (χ1v) is 6.82. The molecule has 0 spiro atoms. The molecule has 0 amide bonds. The van der Waals surface area contributed by atoms with Gasteiger partial charge in [-0.2, -0.15) is 0 Å². The molecule has 102 valence electrons. The van der Waals surface area contributed by atoms with E-state index in [-0.39, 0.29) is 11.0 Å². The Morgan fingerprint density at radius 3 is 2.35 bits per heavy atom. The fraction of sp³-hybridized carbons (Fsp3) is 1.00. The molecule has 0 aliphatic carbocycles. The summed E-state index contributed by atoms with van der Waals surface area (Å²) in [4.78, 5) is 2.56. The van der Waals surface area contributed by atoms with Crippen molar-refractivity contribution in [2.24, 2.45) is 11.1 Å². The summed E-state index contributed by atoms with van der Waals surface area (Å²) in [7, 11) is 0. The number of hydrogen-bond donors (Lipinski definition) is 1. The molecule has 1 fully saturated rings. The average Bonchev–Trinajstić information content (AvgIpc) is 2.15. The van der Waals surface area contributed by atoms with E-state index in [0.29, 0.717) is 12.1 Å². The van der Waals surface area contributed by atoms with E-state index in [1.807, 2.05) is 0 Å². The van der Waals surface area contributed by atoms with Crippen LogP contribution in [0.3, 0.4) is 0 Å². The van der Waals surface area contributed by atoms with Gasteiger partial charge in [-0.1, -0.05) is 20.8 Å². The van der Waals surface area contributed by atoms with Crippen LogP contribution in [0.4, 0.5) is 0 Å². The normalized spacial score (nSPS) is 28.4. The van der Waals surface area contributed by atoms with E-state index in [1.165, 1.54) is 0 Å². The van der Waals surface area contributed by atoms with Crippen LogP contribution in [0.2, 0.25) is 0 Å². The van der Waals surface area contributed by atoms with Gasteiger partial charge in [0.15, 0.2) is 0 Å². The van der Waals surface area contributed by atoms with Gasteiger partial charge in [0, 0.05) is 24.7 Å². The highest BCUT2D eigenvalue weighted by Crippen LogP contribution is 2.31. The summed E-state index contributed by atoms with van der Waals surface area (Å²) in [5, 5.41) is 0. The van der Waals surface area contributed by atoms with Crippen molar-refractivity contribution in [1.29, 1.82) is 0 Å². The summed E-state index contributed by atoms with van der Waals surface area (Å²) in [6.07, 6.45) is 1.49. The summed E-state index contributed by atoms with van der Waals surface area (Å²) >= 11 is 0. The number of ether oxygens (including phenoxy) is 1. The van der Waals surface area contributed by atoms with E-state index >= 15 is 0 Å². The first-order valence-electron chi connectivity index (χ1n) is 6.82. The molecule has 1 heterocycles. The molecule has 1 aliphatic heterocycles. The number of morpholine rings is 1. The summed E-state index contributed by atoms with van der Waals surface area (Å²) in [6, 6.07) is 0.549. The van der Waals surface area contributed by atoms with Gasteiger partial charge >= 0.3 is 0 Å². The Kier molecular flexibility index (Phi) is 4.61. The molecule has 3 nitrogen and oxygen atoms in total. The molecule has 2 unspecified atom stereocenters. The van der Waals surface area contributed by atoms with Crippen LogP contribution in [-0.4, -0.2) is 42.3 Å². The van der Waals surface area contributed by atoms with Gasteiger partial charge in [0.2, 0.25) is 0 Å². The van der Waals surface area contributed by atoms with Crippen molar-refractivity contribution in [3.8, 4) is 0 Å². The van der Waals surface area contributed by atoms with Crippen LogP contribution in [0.15, 0.2) is 0 Å². The lowest BCUT2D eigenvalue weighted by Crippen LogP contribution is -2.58. The Hall–Kier alpha value is -0.120. The first kappa shape index (κ1) is 14.9. The molecule has 2 atom stereocenters. The smallest absolute Gasteiger partial charge is 0.0674 e. The molecule has 0 aromatic rings. The molecule has 0 radical (unpaired) electrons. The number of hydrogen-bond acceptors (Lipinski definition) is 3. The van der Waals surface area contributed by atoms with Gasteiger partial charge in [-0.15, -0.1) is 0 Å². The van der Waals surface area contributed by atoms with E-state index in [9.17, 15) is 0 Å². The number of nitrogens with zero attached hydrogens (tertiary/aromatic N) is 1. The van der Waals surface area contributed by atoms with Gasteiger partial charge in [0.25, 0.3) is 0 Å². The molecule has 0 aromatic carbocycles. The SMILES string of the molecule is CCC1COC(C)CN1CC(C)(C)C(C)(C)N. The Bertz CT molecular complexity index is 245. The van der Waals surface area contributed by atoms with Crippen LogP contribution < -0.4 is 5.73 Å². The van der Waals surface area contributed by atoms with E-state index in [2.05, 4.69) is 46.4 Å². The van der Waals surface area contributed by atoms with Crippen molar-refractivity contribution < 1.29 is 4.74 Å². The molecule has 2 N–H and O–H groups in total. The molecule has 1 saturated heterocycles. The fourth-order valence-corrected chi connectivity index (χ4v) is 2.19. The van der Waals surface area contributed by atoms with Gasteiger partial charge in [-0.05, 0) is 32.6 Å². The topological polar surface area (TPSA) is 38.5 Å². The van der Waals surface area contributed by atoms with E-state index in [0.717, 1.165) is 26.1 Å². The second-order valence-corrected chi connectivity index (χ2v) is 6.74. The molecule has 0 saturated carbocycles. The maximum absolute atomic E-state index is 6.29. The number of rotatable bonds is 4. The predicted octanol–water partition coefficient (Wildman–Crippen LogP) is 2.25. The van der Waals surface area contributed by atoms with Crippen molar-refractivity contribution >= 4 is 0 Å². The van der Waals surface area contributed by atoms with Crippen molar-refractivity contribution in [2.45, 2.75) is 65.6 Å². The van der Waals surface area contributed by atoms with Gasteiger partial charge in [0.1, 0.15) is 0 Å². The Labute approximate surface area is 107 Å². The van der Waals surface area contributed by atoms with Crippen LogP contribution in [0, 0.1) is 5.41 Å². The first-order chi connectivity index (χ1) is 7.67. The lowest BCUT2D eigenvalue weighted by Gasteiger charge is -2.47. The highest BCUT2D eigenvalue weighted by molar-refractivity contribution is 4.94. The fourth-order valence-electron chi connectivity index (χ4n) is 2.19. The summed E-state index contributed by atoms with van der Waals surface area (Å²) in [5.74, 6) is 0. The second-order valence-electron chi connectivity index (χ2n) is 6.74. The molecular weight excluding hydrogens is 212 g/mol. The molecule has 17 heavy (non-hydrogen) atoms. The predicted molar refractivity (Wildman–Crippen MR) is 73.1 cm³/mol. The van der Waals surface area contributed by atoms with E-state index in [4.69, 9.17) is 10.5 Å². The van der Waals surface area contributed by atoms with E-state index in [1.54, 1.807) is 0 Å². The van der Waals surface area contributed by atoms with Crippen molar-refractivity contribution in [2.75, 3.05) is 19.7 Å². The van der Waals surface area contributed by atoms with E-state index < -0.39 is 0 Å². The quantitative estimate of drug-likeness (QED) is 0.822. The van der Waals surface area contributed by atoms with Crippen LogP contribution in [0.1, 0.15) is 48.0 Å². The zero-order valence-corrected chi connectivity index (χ0v) is 12.4. The molecule has 3 heteroatoms. The molecule has 1 rings (SSSR count). The number of nitrogens with two attached hydrogens (primary N) is 1. The largest absolute Gasteiger partial charge is 0.376 e. The maximum Gasteiger partial charge on any atom is 0.0674 e. The van der Waals surface area contributed by atoms with Crippen molar-refractivity contribution in [3.05, 3.63) is 0 Å². The lowest BCUT2D eigenvalue weighted by atomic mass is 9.74. The molecular formula is C14H30N2O. The minimum Gasteiger partial charge on any atom is -0.376 e. The molecule has 0 aromatic heterocycles. The highest BCUT2D eigenvalue weighted by Gasteiger charge is 2.37. The zero-order valence-electron chi connectivity index (χ0n) is 12.4. The highest BCUT2D eigenvalue weighted by atomic mass is 16.5. The van der Waals surface area contributed by atoms with Crippen LogP contribution in [-0.2, 0) is 4.74 Å². The standard InChI is InChI=1S/C14H30N2O/c1-7-12-9-17-11(2)8-16(12)10-13(3,4)14(5,6)15/h11-12H,7-10,15H2,1-6H3. The van der Waals surface area contributed by atoms with Crippen molar-refractivity contribution in [3.63, 3.8) is 0 Å². The monoisotopic (exact) mass is 242 g/mol.